The molecule has 1 unspecified atom stereocenters. The van der Waals surface area contributed by atoms with Crippen LogP contribution in [-0.2, 0) is 11.3 Å². The fourth-order valence-corrected chi connectivity index (χ4v) is 2.55. The van der Waals surface area contributed by atoms with Crippen molar-refractivity contribution in [3.63, 3.8) is 0 Å². The standard InChI is InChI=1S/C15H19FN2O3/c1-2-15(13(19)20)7-8-18(10-15)14(21)17-9-11-3-5-12(16)6-4-11/h3-6H,2,7-10H2,1H3,(H,17,21)(H,19,20). The highest BCUT2D eigenvalue weighted by atomic mass is 19.1. The van der Waals surface area contributed by atoms with E-state index in [1.165, 1.54) is 17.0 Å². The van der Waals surface area contributed by atoms with Crippen molar-refractivity contribution < 1.29 is 19.1 Å². The second-order valence-electron chi connectivity index (χ2n) is 5.40. The van der Waals surface area contributed by atoms with Crippen molar-refractivity contribution in [2.45, 2.75) is 26.3 Å². The maximum absolute atomic E-state index is 12.8. The van der Waals surface area contributed by atoms with Gasteiger partial charge in [0.15, 0.2) is 0 Å². The fourth-order valence-electron chi connectivity index (χ4n) is 2.55. The first-order chi connectivity index (χ1) is 9.97. The van der Waals surface area contributed by atoms with Gasteiger partial charge in [0.1, 0.15) is 5.82 Å². The molecule has 1 aromatic rings. The zero-order valence-corrected chi connectivity index (χ0v) is 11.9. The Morgan fingerprint density at radius 3 is 2.57 bits per heavy atom. The van der Waals surface area contributed by atoms with Gasteiger partial charge in [-0.2, -0.15) is 0 Å². The van der Waals surface area contributed by atoms with Gasteiger partial charge in [-0.15, -0.1) is 0 Å². The number of likely N-dealkylation sites (tertiary alicyclic amines) is 1. The monoisotopic (exact) mass is 294 g/mol. The summed E-state index contributed by atoms with van der Waals surface area (Å²) >= 11 is 0. The first-order valence-electron chi connectivity index (χ1n) is 6.97. The number of carbonyl (C=O) groups is 2. The Balaban J connectivity index is 1.90. The van der Waals surface area contributed by atoms with Crippen LogP contribution in [0, 0.1) is 11.2 Å². The minimum atomic E-state index is -0.848. The number of nitrogens with zero attached hydrogens (tertiary/aromatic N) is 1. The fraction of sp³-hybridized carbons (Fsp3) is 0.467. The molecule has 1 fully saturated rings. The number of carboxylic acids is 1. The molecule has 0 aromatic heterocycles. The minimum Gasteiger partial charge on any atom is -0.481 e. The zero-order valence-electron chi connectivity index (χ0n) is 11.9. The Bertz CT molecular complexity index is 532. The zero-order chi connectivity index (χ0) is 15.5. The Kier molecular flexibility index (Phi) is 4.45. The Hall–Kier alpha value is -2.11. The van der Waals surface area contributed by atoms with E-state index in [0.29, 0.717) is 25.9 Å². The quantitative estimate of drug-likeness (QED) is 0.894. The molecule has 2 amide bonds. The molecule has 1 aliphatic rings. The van der Waals surface area contributed by atoms with Gasteiger partial charge in [-0.05, 0) is 30.5 Å². The molecule has 21 heavy (non-hydrogen) atoms. The normalized spacial score (nSPS) is 21.3. The summed E-state index contributed by atoms with van der Waals surface area (Å²) in [6, 6.07) is 5.60. The number of carbonyl (C=O) groups excluding carboxylic acids is 1. The van der Waals surface area contributed by atoms with Crippen LogP contribution in [0.4, 0.5) is 9.18 Å². The second kappa shape index (κ2) is 6.11. The van der Waals surface area contributed by atoms with Crippen LogP contribution < -0.4 is 5.32 Å². The molecule has 6 heteroatoms. The average Bonchev–Trinajstić information content (AvgIpc) is 2.92. The highest BCUT2D eigenvalue weighted by Crippen LogP contribution is 2.34. The van der Waals surface area contributed by atoms with Gasteiger partial charge in [-0.3, -0.25) is 4.79 Å². The van der Waals surface area contributed by atoms with Gasteiger partial charge in [0.05, 0.1) is 5.41 Å². The molecular formula is C15H19FN2O3. The van der Waals surface area contributed by atoms with Gasteiger partial charge in [-0.25, -0.2) is 9.18 Å². The smallest absolute Gasteiger partial charge is 0.317 e. The van der Waals surface area contributed by atoms with E-state index in [0.717, 1.165) is 5.56 Å². The van der Waals surface area contributed by atoms with Crippen molar-refractivity contribution in [2.24, 2.45) is 5.41 Å². The number of amides is 2. The number of rotatable bonds is 4. The third-order valence-electron chi connectivity index (χ3n) is 4.13. The van der Waals surface area contributed by atoms with Crippen LogP contribution in [0.5, 0.6) is 0 Å². The molecule has 1 atom stereocenters. The Morgan fingerprint density at radius 2 is 2.05 bits per heavy atom. The number of aliphatic carboxylic acids is 1. The second-order valence-corrected chi connectivity index (χ2v) is 5.40. The van der Waals surface area contributed by atoms with Gasteiger partial charge in [0.2, 0.25) is 0 Å². The number of carboxylic acid groups (broad SMARTS) is 1. The van der Waals surface area contributed by atoms with Crippen LogP contribution in [0.1, 0.15) is 25.3 Å². The van der Waals surface area contributed by atoms with E-state index in [-0.39, 0.29) is 18.4 Å². The van der Waals surface area contributed by atoms with Crippen molar-refractivity contribution in [3.8, 4) is 0 Å². The SMILES string of the molecule is CCC1(C(=O)O)CCN(C(=O)NCc2ccc(F)cc2)C1. The lowest BCUT2D eigenvalue weighted by molar-refractivity contribution is -0.148. The summed E-state index contributed by atoms with van der Waals surface area (Å²) in [5, 5.41) is 12.0. The average molecular weight is 294 g/mol. The lowest BCUT2D eigenvalue weighted by Gasteiger charge is -2.23. The Labute approximate surface area is 122 Å². The van der Waals surface area contributed by atoms with Crippen LogP contribution in [0.3, 0.4) is 0 Å². The molecule has 0 aliphatic carbocycles. The summed E-state index contributed by atoms with van der Waals surface area (Å²) < 4.78 is 12.8. The topological polar surface area (TPSA) is 69.6 Å². The van der Waals surface area contributed by atoms with Crippen molar-refractivity contribution in [1.82, 2.24) is 10.2 Å². The number of benzene rings is 1. The van der Waals surface area contributed by atoms with Crippen molar-refractivity contribution >= 4 is 12.0 Å². The van der Waals surface area contributed by atoms with E-state index >= 15 is 0 Å². The van der Waals surface area contributed by atoms with Gasteiger partial charge in [-0.1, -0.05) is 19.1 Å². The van der Waals surface area contributed by atoms with E-state index in [4.69, 9.17) is 0 Å². The number of hydrogen-bond donors (Lipinski definition) is 2. The Morgan fingerprint density at radius 1 is 1.38 bits per heavy atom. The van der Waals surface area contributed by atoms with Crippen LogP contribution >= 0.6 is 0 Å². The largest absolute Gasteiger partial charge is 0.481 e. The van der Waals surface area contributed by atoms with Gasteiger partial charge < -0.3 is 15.3 Å². The summed E-state index contributed by atoms with van der Waals surface area (Å²) in [6.45, 7) is 2.79. The van der Waals surface area contributed by atoms with Crippen LogP contribution in [-0.4, -0.2) is 35.1 Å². The van der Waals surface area contributed by atoms with E-state index < -0.39 is 11.4 Å². The summed E-state index contributed by atoms with van der Waals surface area (Å²) in [5.74, 6) is -1.17. The molecule has 2 N–H and O–H groups in total. The molecule has 0 saturated carbocycles. The molecule has 2 rings (SSSR count). The summed E-state index contributed by atoms with van der Waals surface area (Å²) in [7, 11) is 0. The number of halogens is 1. The summed E-state index contributed by atoms with van der Waals surface area (Å²) in [4.78, 5) is 24.9. The molecular weight excluding hydrogens is 275 g/mol. The first kappa shape index (κ1) is 15.3. The predicted molar refractivity (Wildman–Crippen MR) is 75.2 cm³/mol. The highest BCUT2D eigenvalue weighted by Gasteiger charge is 2.44. The van der Waals surface area contributed by atoms with Crippen molar-refractivity contribution in [3.05, 3.63) is 35.6 Å². The van der Waals surface area contributed by atoms with Crippen LogP contribution in [0.2, 0.25) is 0 Å². The third-order valence-corrected chi connectivity index (χ3v) is 4.13. The maximum Gasteiger partial charge on any atom is 0.317 e. The number of hydrogen-bond acceptors (Lipinski definition) is 2. The molecule has 1 saturated heterocycles. The molecule has 0 radical (unpaired) electrons. The summed E-state index contributed by atoms with van der Waals surface area (Å²) in [6.07, 6.45) is 0.979. The molecule has 114 valence electrons. The first-order valence-corrected chi connectivity index (χ1v) is 6.97. The maximum atomic E-state index is 12.8. The molecule has 0 bridgehead atoms. The lowest BCUT2D eigenvalue weighted by atomic mass is 9.84. The molecule has 1 heterocycles. The number of urea groups is 1. The van der Waals surface area contributed by atoms with Crippen LogP contribution in [0.15, 0.2) is 24.3 Å². The van der Waals surface area contributed by atoms with E-state index in [1.807, 2.05) is 6.92 Å². The van der Waals surface area contributed by atoms with E-state index in [2.05, 4.69) is 5.32 Å². The third kappa shape index (κ3) is 3.32. The number of nitrogens with one attached hydrogen (secondary N) is 1. The molecule has 5 nitrogen and oxygen atoms in total. The van der Waals surface area contributed by atoms with Crippen molar-refractivity contribution in [2.75, 3.05) is 13.1 Å². The molecule has 1 aromatic carbocycles. The molecule has 1 aliphatic heterocycles. The van der Waals surface area contributed by atoms with E-state index in [9.17, 15) is 19.1 Å². The van der Waals surface area contributed by atoms with Crippen molar-refractivity contribution in [1.29, 1.82) is 0 Å². The minimum absolute atomic E-state index is 0.230. The van der Waals surface area contributed by atoms with Gasteiger partial charge >= 0.3 is 12.0 Å². The predicted octanol–water partition coefficient (Wildman–Crippen LogP) is 2.22. The van der Waals surface area contributed by atoms with Crippen LogP contribution in [0.25, 0.3) is 0 Å². The lowest BCUT2D eigenvalue weighted by Crippen LogP contribution is -2.41. The molecule has 0 spiro atoms. The summed E-state index contributed by atoms with van der Waals surface area (Å²) in [5.41, 5.74) is -0.0309. The van der Waals surface area contributed by atoms with E-state index in [1.54, 1.807) is 12.1 Å². The highest BCUT2D eigenvalue weighted by molar-refractivity contribution is 5.79. The van der Waals surface area contributed by atoms with Gasteiger partial charge in [0.25, 0.3) is 0 Å². The van der Waals surface area contributed by atoms with Gasteiger partial charge in [0, 0.05) is 19.6 Å².